The molecule has 16 heavy (non-hydrogen) atoms. The molecule has 1 aromatic rings. The average Bonchev–Trinajstić information content (AvgIpc) is 2.81. The maximum absolute atomic E-state index is 8.70. The molecule has 0 amide bonds. The van der Waals surface area contributed by atoms with Gasteiger partial charge >= 0.3 is 0 Å². The molecule has 0 radical (unpaired) electrons. The summed E-state index contributed by atoms with van der Waals surface area (Å²) in [6, 6.07) is 4.37. The van der Waals surface area contributed by atoms with Gasteiger partial charge in [0, 0.05) is 4.88 Å². The Kier molecular flexibility index (Phi) is 4.82. The van der Waals surface area contributed by atoms with Crippen molar-refractivity contribution in [3.63, 3.8) is 0 Å². The summed E-state index contributed by atoms with van der Waals surface area (Å²) >= 11 is 1.87. The molecule has 90 valence electrons. The van der Waals surface area contributed by atoms with E-state index in [2.05, 4.69) is 17.5 Å². The molecule has 1 aliphatic carbocycles. The third-order valence-electron chi connectivity index (χ3n) is 3.31. The Labute approximate surface area is 101 Å². The van der Waals surface area contributed by atoms with E-state index in [1.807, 2.05) is 11.3 Å². The fourth-order valence-electron chi connectivity index (χ4n) is 2.44. The van der Waals surface area contributed by atoms with Crippen LogP contribution < -0.4 is 0 Å². The van der Waals surface area contributed by atoms with Gasteiger partial charge in [-0.2, -0.15) is 0 Å². The molecule has 0 unspecified atom stereocenters. The topological polar surface area (TPSA) is 29.5 Å². The van der Waals surface area contributed by atoms with Crippen LogP contribution in [0.4, 0.5) is 0 Å². The highest BCUT2D eigenvalue weighted by Gasteiger charge is 2.21. The summed E-state index contributed by atoms with van der Waals surface area (Å²) in [7, 11) is 0. The van der Waals surface area contributed by atoms with Crippen molar-refractivity contribution in [2.75, 3.05) is 13.2 Å². The van der Waals surface area contributed by atoms with Gasteiger partial charge in [0.2, 0.25) is 0 Å². The zero-order chi connectivity index (χ0) is 11.2. The van der Waals surface area contributed by atoms with Crippen LogP contribution in [0.3, 0.4) is 0 Å². The molecule has 0 aromatic carbocycles. The summed E-state index contributed by atoms with van der Waals surface area (Å²) in [5, 5.41) is 10.9. The van der Waals surface area contributed by atoms with Gasteiger partial charge in [-0.05, 0) is 49.5 Å². The first-order chi connectivity index (χ1) is 7.88. The Morgan fingerprint density at radius 3 is 2.75 bits per heavy atom. The summed E-state index contributed by atoms with van der Waals surface area (Å²) < 4.78 is 5.57. The largest absolute Gasteiger partial charge is 0.394 e. The number of rotatable bonds is 5. The van der Waals surface area contributed by atoms with E-state index in [-0.39, 0.29) is 6.61 Å². The molecule has 1 fully saturated rings. The Morgan fingerprint density at radius 2 is 2.12 bits per heavy atom. The van der Waals surface area contributed by atoms with Crippen LogP contribution in [0.2, 0.25) is 0 Å². The van der Waals surface area contributed by atoms with E-state index < -0.39 is 0 Å². The van der Waals surface area contributed by atoms with Gasteiger partial charge in [-0.15, -0.1) is 11.3 Å². The normalized spacial score (nSPS) is 25.8. The van der Waals surface area contributed by atoms with E-state index in [1.165, 1.54) is 24.1 Å². The molecule has 0 bridgehead atoms. The second kappa shape index (κ2) is 6.38. The number of thiophene rings is 1. The number of ether oxygens (including phenoxy) is 1. The van der Waals surface area contributed by atoms with Crippen molar-refractivity contribution < 1.29 is 9.84 Å². The first-order valence-electron chi connectivity index (χ1n) is 6.13. The highest BCUT2D eigenvalue weighted by atomic mass is 32.1. The fourth-order valence-corrected chi connectivity index (χ4v) is 3.26. The predicted molar refractivity (Wildman–Crippen MR) is 66.8 cm³/mol. The average molecular weight is 240 g/mol. The molecule has 1 N–H and O–H groups in total. The number of aliphatic hydroxyl groups excluding tert-OH is 1. The fraction of sp³-hybridized carbons (Fsp3) is 0.692. The Morgan fingerprint density at radius 1 is 1.31 bits per heavy atom. The summed E-state index contributed by atoms with van der Waals surface area (Å²) in [6.07, 6.45) is 6.50. The van der Waals surface area contributed by atoms with Gasteiger partial charge in [-0.3, -0.25) is 0 Å². The van der Waals surface area contributed by atoms with Crippen LogP contribution >= 0.6 is 11.3 Å². The highest BCUT2D eigenvalue weighted by Crippen LogP contribution is 2.29. The lowest BCUT2D eigenvalue weighted by Crippen LogP contribution is -2.23. The smallest absolute Gasteiger partial charge is 0.0701 e. The van der Waals surface area contributed by atoms with Crippen LogP contribution in [0.5, 0.6) is 0 Å². The lowest BCUT2D eigenvalue weighted by atomic mass is 9.85. The lowest BCUT2D eigenvalue weighted by Gasteiger charge is -2.28. The third-order valence-corrected chi connectivity index (χ3v) is 4.21. The second-order valence-corrected chi connectivity index (χ2v) is 5.55. The Bertz CT molecular complexity index is 276. The molecule has 1 aromatic heterocycles. The van der Waals surface area contributed by atoms with Crippen molar-refractivity contribution in [3.05, 3.63) is 22.4 Å². The molecule has 1 heterocycles. The summed E-state index contributed by atoms with van der Waals surface area (Å²) in [4.78, 5) is 1.51. The van der Waals surface area contributed by atoms with E-state index >= 15 is 0 Å². The maximum Gasteiger partial charge on any atom is 0.0701 e. The van der Waals surface area contributed by atoms with Crippen LogP contribution in [0.25, 0.3) is 0 Å². The van der Waals surface area contributed by atoms with Crippen molar-refractivity contribution in [1.82, 2.24) is 0 Å². The third kappa shape index (κ3) is 3.58. The van der Waals surface area contributed by atoms with Gasteiger partial charge < -0.3 is 9.84 Å². The Balaban J connectivity index is 1.69. The second-order valence-electron chi connectivity index (χ2n) is 4.52. The van der Waals surface area contributed by atoms with Gasteiger partial charge in [0.25, 0.3) is 0 Å². The van der Waals surface area contributed by atoms with Crippen LogP contribution in [0.1, 0.15) is 30.6 Å². The van der Waals surface area contributed by atoms with Crippen molar-refractivity contribution in [2.45, 2.75) is 38.2 Å². The molecular weight excluding hydrogens is 220 g/mol. The van der Waals surface area contributed by atoms with Gasteiger partial charge in [-0.1, -0.05) is 6.07 Å². The van der Waals surface area contributed by atoms with Crippen molar-refractivity contribution in [1.29, 1.82) is 0 Å². The number of aliphatic hydroxyl groups is 1. The minimum absolute atomic E-state index is 0.148. The summed E-state index contributed by atoms with van der Waals surface area (Å²) in [5.41, 5.74) is 0. The van der Waals surface area contributed by atoms with Crippen LogP contribution in [-0.2, 0) is 11.2 Å². The first-order valence-corrected chi connectivity index (χ1v) is 7.01. The molecule has 0 spiro atoms. The molecular formula is C13H20O2S. The summed E-state index contributed by atoms with van der Waals surface area (Å²) in [6.45, 7) is 0.648. The zero-order valence-corrected chi connectivity index (χ0v) is 10.4. The number of hydrogen-bond donors (Lipinski definition) is 1. The van der Waals surface area contributed by atoms with E-state index in [9.17, 15) is 0 Å². The maximum atomic E-state index is 8.70. The molecule has 1 aliphatic rings. The molecule has 3 heteroatoms. The summed E-state index contributed by atoms with van der Waals surface area (Å²) in [5.74, 6) is 0.840. The minimum atomic E-state index is 0.148. The minimum Gasteiger partial charge on any atom is -0.394 e. The van der Waals surface area contributed by atoms with Crippen LogP contribution in [0.15, 0.2) is 17.5 Å². The van der Waals surface area contributed by atoms with Crippen molar-refractivity contribution in [3.8, 4) is 0 Å². The van der Waals surface area contributed by atoms with Crippen LogP contribution in [0, 0.1) is 5.92 Å². The number of hydrogen-bond acceptors (Lipinski definition) is 3. The first kappa shape index (κ1) is 12.1. The van der Waals surface area contributed by atoms with Crippen molar-refractivity contribution in [2.24, 2.45) is 5.92 Å². The lowest BCUT2D eigenvalue weighted by molar-refractivity contribution is 0.000602. The SMILES string of the molecule is OCCOC1CCC(Cc2cccs2)CC1. The molecule has 0 atom stereocenters. The molecule has 2 nitrogen and oxygen atoms in total. The van der Waals surface area contributed by atoms with Crippen LogP contribution in [-0.4, -0.2) is 24.4 Å². The van der Waals surface area contributed by atoms with E-state index in [0.717, 1.165) is 18.8 Å². The van der Waals surface area contributed by atoms with E-state index in [1.54, 1.807) is 0 Å². The van der Waals surface area contributed by atoms with E-state index in [0.29, 0.717) is 12.7 Å². The highest BCUT2D eigenvalue weighted by molar-refractivity contribution is 7.09. The van der Waals surface area contributed by atoms with E-state index in [4.69, 9.17) is 9.84 Å². The quantitative estimate of drug-likeness (QED) is 0.857. The standard InChI is InChI=1S/C13H20O2S/c14-7-8-15-12-5-3-11(4-6-12)10-13-2-1-9-16-13/h1-2,9,11-12,14H,3-8,10H2. The molecule has 0 aliphatic heterocycles. The molecule has 1 saturated carbocycles. The monoisotopic (exact) mass is 240 g/mol. The Hall–Kier alpha value is -0.380. The van der Waals surface area contributed by atoms with Gasteiger partial charge in [-0.25, -0.2) is 0 Å². The predicted octanol–water partition coefficient (Wildman–Crippen LogP) is 2.86. The zero-order valence-electron chi connectivity index (χ0n) is 9.60. The van der Waals surface area contributed by atoms with Gasteiger partial charge in [0.1, 0.15) is 0 Å². The van der Waals surface area contributed by atoms with Crippen molar-refractivity contribution >= 4 is 11.3 Å². The van der Waals surface area contributed by atoms with Gasteiger partial charge in [0.05, 0.1) is 19.3 Å². The molecule has 0 saturated heterocycles. The van der Waals surface area contributed by atoms with Gasteiger partial charge in [0.15, 0.2) is 0 Å². The molecule has 2 rings (SSSR count).